The van der Waals surface area contributed by atoms with E-state index in [0.717, 1.165) is 4.47 Å². The molecule has 2 N–H and O–H groups in total. The van der Waals surface area contributed by atoms with Crippen LogP contribution in [0.15, 0.2) is 28.7 Å². The van der Waals surface area contributed by atoms with E-state index in [1.165, 1.54) is 4.90 Å². The van der Waals surface area contributed by atoms with Crippen molar-refractivity contribution in [2.24, 2.45) is 0 Å². The molecule has 17 heavy (non-hydrogen) atoms. The number of benzene rings is 1. The van der Waals surface area contributed by atoms with E-state index in [0.29, 0.717) is 12.2 Å². The Bertz CT molecular complexity index is 423. The minimum Gasteiger partial charge on any atom is -0.480 e. The van der Waals surface area contributed by atoms with E-state index in [1.807, 2.05) is 6.07 Å². The van der Waals surface area contributed by atoms with Crippen molar-refractivity contribution in [3.05, 3.63) is 28.7 Å². The number of hydrogen-bond acceptors (Lipinski definition) is 2. The Labute approximate surface area is 108 Å². The lowest BCUT2D eigenvalue weighted by Gasteiger charge is -2.19. The molecule has 92 valence electrons. The van der Waals surface area contributed by atoms with Gasteiger partial charge in [0.1, 0.15) is 6.54 Å². The third-order valence-electron chi connectivity index (χ3n) is 2.07. The lowest BCUT2D eigenvalue weighted by molar-refractivity contribution is -0.137. The molecular weight excluding hydrogens is 288 g/mol. The molecule has 1 aromatic carbocycles. The van der Waals surface area contributed by atoms with Crippen molar-refractivity contribution < 1.29 is 14.7 Å². The second-order valence-corrected chi connectivity index (χ2v) is 4.26. The number of carboxylic acids is 1. The molecule has 0 radical (unpaired) electrons. The van der Waals surface area contributed by atoms with Gasteiger partial charge in [0, 0.05) is 16.7 Å². The minimum atomic E-state index is -1.03. The van der Waals surface area contributed by atoms with Gasteiger partial charge in [-0.05, 0) is 25.1 Å². The van der Waals surface area contributed by atoms with E-state index >= 15 is 0 Å². The average Bonchev–Trinajstić information content (AvgIpc) is 2.25. The molecule has 0 fully saturated rings. The molecule has 6 heteroatoms. The van der Waals surface area contributed by atoms with E-state index in [-0.39, 0.29) is 6.54 Å². The maximum Gasteiger partial charge on any atom is 0.323 e. The van der Waals surface area contributed by atoms with Crippen LogP contribution in [0.1, 0.15) is 6.92 Å². The lowest BCUT2D eigenvalue weighted by Crippen LogP contribution is -2.38. The highest BCUT2D eigenvalue weighted by Crippen LogP contribution is 2.15. The topological polar surface area (TPSA) is 69.6 Å². The van der Waals surface area contributed by atoms with Gasteiger partial charge >= 0.3 is 12.0 Å². The lowest BCUT2D eigenvalue weighted by atomic mass is 10.3. The first-order chi connectivity index (χ1) is 8.02. The number of anilines is 1. The normalized spacial score (nSPS) is 9.76. The first-order valence-corrected chi connectivity index (χ1v) is 5.85. The van der Waals surface area contributed by atoms with Crippen LogP contribution in [0.3, 0.4) is 0 Å². The van der Waals surface area contributed by atoms with Crippen LogP contribution in [-0.4, -0.2) is 35.1 Å². The van der Waals surface area contributed by atoms with Crippen molar-refractivity contribution in [2.75, 3.05) is 18.4 Å². The van der Waals surface area contributed by atoms with Crippen LogP contribution in [0.5, 0.6) is 0 Å². The number of aliphatic carboxylic acids is 1. The van der Waals surface area contributed by atoms with Crippen LogP contribution in [0, 0.1) is 0 Å². The van der Waals surface area contributed by atoms with Gasteiger partial charge < -0.3 is 15.3 Å². The van der Waals surface area contributed by atoms with Crippen LogP contribution in [0.4, 0.5) is 10.5 Å². The van der Waals surface area contributed by atoms with Gasteiger partial charge in [-0.15, -0.1) is 0 Å². The molecule has 1 rings (SSSR count). The number of carbonyl (C=O) groups excluding carboxylic acids is 1. The largest absolute Gasteiger partial charge is 0.480 e. The van der Waals surface area contributed by atoms with Gasteiger partial charge in [-0.2, -0.15) is 0 Å². The van der Waals surface area contributed by atoms with Crippen molar-refractivity contribution in [2.45, 2.75) is 6.92 Å². The van der Waals surface area contributed by atoms with Crippen molar-refractivity contribution in [1.82, 2.24) is 4.90 Å². The minimum absolute atomic E-state index is 0.309. The molecule has 0 aliphatic heterocycles. The van der Waals surface area contributed by atoms with E-state index in [2.05, 4.69) is 21.2 Å². The van der Waals surface area contributed by atoms with Gasteiger partial charge in [-0.3, -0.25) is 4.79 Å². The first kappa shape index (κ1) is 13.5. The summed E-state index contributed by atoms with van der Waals surface area (Å²) < 4.78 is 0.844. The highest BCUT2D eigenvalue weighted by molar-refractivity contribution is 9.10. The summed E-state index contributed by atoms with van der Waals surface area (Å²) in [6.07, 6.45) is 0. The van der Waals surface area contributed by atoms with Crippen molar-refractivity contribution in [3.8, 4) is 0 Å². The number of nitrogens with one attached hydrogen (secondary N) is 1. The summed E-state index contributed by atoms with van der Waals surface area (Å²) in [7, 11) is 0. The molecule has 0 saturated heterocycles. The number of nitrogens with zero attached hydrogens (tertiary/aromatic N) is 1. The zero-order valence-electron chi connectivity index (χ0n) is 9.31. The summed E-state index contributed by atoms with van der Waals surface area (Å²) >= 11 is 3.29. The number of carboxylic acid groups (broad SMARTS) is 1. The van der Waals surface area contributed by atoms with Gasteiger partial charge in [-0.25, -0.2) is 4.79 Å². The van der Waals surface area contributed by atoms with Gasteiger partial charge in [0.25, 0.3) is 0 Å². The predicted octanol–water partition coefficient (Wildman–Crippen LogP) is 2.39. The second-order valence-electron chi connectivity index (χ2n) is 3.35. The van der Waals surface area contributed by atoms with Crippen LogP contribution >= 0.6 is 15.9 Å². The summed E-state index contributed by atoms with van der Waals surface area (Å²) in [6.45, 7) is 1.76. The molecule has 2 amide bonds. The van der Waals surface area contributed by atoms with Crippen LogP contribution in [0.2, 0.25) is 0 Å². The van der Waals surface area contributed by atoms with Gasteiger partial charge in [0.15, 0.2) is 0 Å². The zero-order valence-corrected chi connectivity index (χ0v) is 10.9. The molecule has 0 atom stereocenters. The van der Waals surface area contributed by atoms with Gasteiger partial charge in [0.05, 0.1) is 0 Å². The molecular formula is C11H13BrN2O3. The monoisotopic (exact) mass is 300 g/mol. The fourth-order valence-corrected chi connectivity index (χ4v) is 1.66. The van der Waals surface area contributed by atoms with Crippen molar-refractivity contribution in [3.63, 3.8) is 0 Å². The van der Waals surface area contributed by atoms with Crippen molar-refractivity contribution in [1.29, 1.82) is 0 Å². The van der Waals surface area contributed by atoms with Gasteiger partial charge in [-0.1, -0.05) is 22.0 Å². The van der Waals surface area contributed by atoms with Crippen LogP contribution in [0.25, 0.3) is 0 Å². The van der Waals surface area contributed by atoms with Crippen LogP contribution in [-0.2, 0) is 4.79 Å². The second kappa shape index (κ2) is 6.24. The average molecular weight is 301 g/mol. The summed E-state index contributed by atoms with van der Waals surface area (Å²) in [5.41, 5.74) is 0.619. The highest BCUT2D eigenvalue weighted by atomic mass is 79.9. The maximum absolute atomic E-state index is 11.7. The molecule has 0 aliphatic rings. The number of carbonyl (C=O) groups is 2. The molecule has 5 nitrogen and oxygen atoms in total. The Hall–Kier alpha value is -1.56. The first-order valence-electron chi connectivity index (χ1n) is 5.06. The number of rotatable bonds is 4. The fraction of sp³-hybridized carbons (Fsp3) is 0.273. The number of amides is 2. The Morgan fingerprint density at radius 2 is 2.18 bits per heavy atom. The Morgan fingerprint density at radius 1 is 1.47 bits per heavy atom. The van der Waals surface area contributed by atoms with Gasteiger partial charge in [0.2, 0.25) is 0 Å². The van der Waals surface area contributed by atoms with Crippen molar-refractivity contribution >= 4 is 33.6 Å². The standard InChI is InChI=1S/C11H13BrN2O3/c1-2-14(7-10(15)16)11(17)13-9-5-3-4-8(12)6-9/h3-6H,2,7H2,1H3,(H,13,17)(H,15,16). The molecule has 0 spiro atoms. The Morgan fingerprint density at radius 3 is 2.71 bits per heavy atom. The zero-order chi connectivity index (χ0) is 12.8. The SMILES string of the molecule is CCN(CC(=O)O)C(=O)Nc1cccc(Br)c1. The molecule has 0 aliphatic carbocycles. The highest BCUT2D eigenvalue weighted by Gasteiger charge is 2.14. The summed E-state index contributed by atoms with van der Waals surface area (Å²) in [5, 5.41) is 11.3. The quantitative estimate of drug-likeness (QED) is 0.897. The number of hydrogen-bond donors (Lipinski definition) is 2. The number of halogens is 1. The maximum atomic E-state index is 11.7. The molecule has 0 saturated carbocycles. The molecule has 0 bridgehead atoms. The smallest absolute Gasteiger partial charge is 0.323 e. The third kappa shape index (κ3) is 4.44. The predicted molar refractivity (Wildman–Crippen MR) is 68.0 cm³/mol. The fourth-order valence-electron chi connectivity index (χ4n) is 1.26. The summed E-state index contributed by atoms with van der Waals surface area (Å²) in [4.78, 5) is 23.5. The van der Waals surface area contributed by atoms with E-state index < -0.39 is 12.0 Å². The van der Waals surface area contributed by atoms with E-state index in [1.54, 1.807) is 25.1 Å². The molecule has 0 heterocycles. The molecule has 0 aromatic heterocycles. The summed E-state index contributed by atoms with van der Waals surface area (Å²) in [5.74, 6) is -1.03. The number of likely N-dealkylation sites (N-methyl/N-ethyl adjacent to an activating group) is 1. The van der Waals surface area contributed by atoms with Crippen LogP contribution < -0.4 is 5.32 Å². The third-order valence-corrected chi connectivity index (χ3v) is 2.56. The number of urea groups is 1. The summed E-state index contributed by atoms with van der Waals surface area (Å²) in [6, 6.07) is 6.68. The molecule has 0 unspecified atom stereocenters. The molecule has 1 aromatic rings. The van der Waals surface area contributed by atoms with E-state index in [4.69, 9.17) is 5.11 Å². The Kier molecular flexibility index (Phi) is 4.96. The Balaban J connectivity index is 2.67. The van der Waals surface area contributed by atoms with E-state index in [9.17, 15) is 9.59 Å².